The predicted molar refractivity (Wildman–Crippen MR) is 83.7 cm³/mol. The highest BCUT2D eigenvalue weighted by molar-refractivity contribution is 6.39. The highest BCUT2D eigenvalue weighted by Crippen LogP contribution is 2.29. The van der Waals surface area contributed by atoms with Crippen molar-refractivity contribution in [3.05, 3.63) is 28.2 Å². The number of quaternary nitrogens is 1. The molecule has 0 aromatic heterocycles. The Hall–Kier alpha value is -0.770. The third kappa shape index (κ3) is 3.87. The number of likely N-dealkylation sites (tertiary alicyclic amines) is 1. The van der Waals surface area contributed by atoms with Gasteiger partial charge < -0.3 is 10.2 Å². The van der Waals surface area contributed by atoms with Crippen LogP contribution >= 0.6 is 23.2 Å². The molecule has 1 aliphatic rings. The van der Waals surface area contributed by atoms with Crippen molar-refractivity contribution < 1.29 is 9.69 Å². The van der Waals surface area contributed by atoms with E-state index < -0.39 is 0 Å². The number of anilines is 1. The van der Waals surface area contributed by atoms with Crippen molar-refractivity contribution in [2.45, 2.75) is 38.6 Å². The van der Waals surface area contributed by atoms with Gasteiger partial charge in [-0.1, -0.05) is 29.3 Å². The number of hydrogen-bond donors (Lipinski definition) is 2. The zero-order chi connectivity index (χ0) is 14.5. The van der Waals surface area contributed by atoms with E-state index in [1.54, 1.807) is 18.2 Å². The summed E-state index contributed by atoms with van der Waals surface area (Å²) in [4.78, 5) is 13.7. The first kappa shape index (κ1) is 15.6. The summed E-state index contributed by atoms with van der Waals surface area (Å²) in [5.41, 5.74) is 0.516. The third-order valence-electron chi connectivity index (χ3n) is 3.96. The molecule has 3 nitrogen and oxygen atoms in total. The van der Waals surface area contributed by atoms with E-state index in [0.717, 1.165) is 13.1 Å². The number of para-hydroxylation sites is 1. The van der Waals surface area contributed by atoms with Crippen molar-refractivity contribution in [3.8, 4) is 0 Å². The Balaban J connectivity index is 2.03. The molecule has 1 aromatic carbocycles. The van der Waals surface area contributed by atoms with E-state index >= 15 is 0 Å². The van der Waals surface area contributed by atoms with E-state index in [9.17, 15) is 4.79 Å². The Kier molecular flexibility index (Phi) is 5.70. The van der Waals surface area contributed by atoms with Gasteiger partial charge in [-0.15, -0.1) is 0 Å². The van der Waals surface area contributed by atoms with E-state index in [0.29, 0.717) is 15.7 Å². The first-order chi connectivity index (χ1) is 9.59. The summed E-state index contributed by atoms with van der Waals surface area (Å²) in [6.07, 6.45) is 4.93. The fraction of sp³-hybridized carbons (Fsp3) is 0.533. The van der Waals surface area contributed by atoms with Crippen molar-refractivity contribution in [1.29, 1.82) is 0 Å². The molecule has 1 atom stereocenters. The lowest BCUT2D eigenvalue weighted by Gasteiger charge is -2.24. The molecule has 1 fully saturated rings. The molecule has 1 saturated heterocycles. The zero-order valence-corrected chi connectivity index (χ0v) is 13.2. The molecule has 5 heteroatoms. The van der Waals surface area contributed by atoms with Crippen LogP contribution in [0.1, 0.15) is 32.6 Å². The zero-order valence-electron chi connectivity index (χ0n) is 11.7. The van der Waals surface area contributed by atoms with Crippen molar-refractivity contribution in [3.63, 3.8) is 0 Å². The van der Waals surface area contributed by atoms with Gasteiger partial charge in [0.25, 0.3) is 5.91 Å². The largest absolute Gasteiger partial charge is 0.325 e. The summed E-state index contributed by atoms with van der Waals surface area (Å²) < 4.78 is 0. The average Bonchev–Trinajstić information content (AvgIpc) is 2.71. The van der Waals surface area contributed by atoms with Crippen LogP contribution in [-0.4, -0.2) is 25.0 Å². The molecule has 0 aliphatic carbocycles. The SMILES string of the molecule is C[C@H](C(=O)Nc1c(Cl)cccc1Cl)[NH+]1CCCCCC1. The normalized spacial score (nSPS) is 18.4. The summed E-state index contributed by atoms with van der Waals surface area (Å²) >= 11 is 12.2. The molecule has 1 aromatic rings. The van der Waals surface area contributed by atoms with Crippen LogP contribution in [0, 0.1) is 0 Å². The number of hydrogen-bond acceptors (Lipinski definition) is 1. The quantitative estimate of drug-likeness (QED) is 0.883. The van der Waals surface area contributed by atoms with Gasteiger partial charge in [-0.2, -0.15) is 0 Å². The van der Waals surface area contributed by atoms with Gasteiger partial charge in [0.2, 0.25) is 0 Å². The molecule has 110 valence electrons. The fourth-order valence-corrected chi connectivity index (χ4v) is 3.14. The molecule has 1 amide bonds. The van der Waals surface area contributed by atoms with E-state index in [4.69, 9.17) is 23.2 Å². The summed E-state index contributed by atoms with van der Waals surface area (Å²) in [5, 5.41) is 3.82. The lowest BCUT2D eigenvalue weighted by molar-refractivity contribution is -0.913. The molecule has 0 bridgehead atoms. The molecule has 2 rings (SSSR count). The first-order valence-electron chi connectivity index (χ1n) is 7.19. The van der Waals surface area contributed by atoms with E-state index in [2.05, 4.69) is 5.32 Å². The molecule has 0 spiro atoms. The van der Waals surface area contributed by atoms with Crippen LogP contribution in [0.3, 0.4) is 0 Å². The van der Waals surface area contributed by atoms with Gasteiger partial charge in [0, 0.05) is 0 Å². The van der Waals surface area contributed by atoms with Gasteiger partial charge in [-0.25, -0.2) is 0 Å². The number of benzene rings is 1. The van der Waals surface area contributed by atoms with Gasteiger partial charge in [0.05, 0.1) is 28.8 Å². The van der Waals surface area contributed by atoms with E-state index in [1.807, 2.05) is 6.92 Å². The monoisotopic (exact) mass is 315 g/mol. The van der Waals surface area contributed by atoms with Crippen LogP contribution in [0.4, 0.5) is 5.69 Å². The van der Waals surface area contributed by atoms with Crippen molar-refractivity contribution in [2.75, 3.05) is 18.4 Å². The predicted octanol–water partition coefficient (Wildman–Crippen LogP) is 2.78. The second-order valence-electron chi connectivity index (χ2n) is 5.38. The lowest BCUT2D eigenvalue weighted by atomic mass is 10.2. The first-order valence-corrected chi connectivity index (χ1v) is 7.94. The average molecular weight is 316 g/mol. The van der Waals surface area contributed by atoms with Gasteiger partial charge in [-0.05, 0) is 44.7 Å². The summed E-state index contributed by atoms with van der Waals surface area (Å²) in [5.74, 6) is -0.0168. The fourth-order valence-electron chi connectivity index (χ4n) is 2.65. The molecule has 2 N–H and O–H groups in total. The van der Waals surface area contributed by atoms with Crippen molar-refractivity contribution >= 4 is 34.8 Å². The Morgan fingerprint density at radius 3 is 2.25 bits per heavy atom. The van der Waals surface area contributed by atoms with Gasteiger partial charge in [-0.3, -0.25) is 4.79 Å². The Bertz CT molecular complexity index is 451. The highest BCUT2D eigenvalue weighted by atomic mass is 35.5. The molecule has 0 saturated carbocycles. The van der Waals surface area contributed by atoms with Gasteiger partial charge in [0.1, 0.15) is 0 Å². The minimum Gasteiger partial charge on any atom is -0.325 e. The van der Waals surface area contributed by atoms with Crippen LogP contribution < -0.4 is 10.2 Å². The maximum Gasteiger partial charge on any atom is 0.282 e. The second-order valence-corrected chi connectivity index (χ2v) is 6.19. The number of halogens is 2. The molecular weight excluding hydrogens is 295 g/mol. The number of amides is 1. The molecule has 0 radical (unpaired) electrons. The lowest BCUT2D eigenvalue weighted by Crippen LogP contribution is -3.16. The summed E-state index contributed by atoms with van der Waals surface area (Å²) in [7, 11) is 0. The molecular formula is C15H21Cl2N2O+. The van der Waals surface area contributed by atoms with Crippen LogP contribution in [0.15, 0.2) is 18.2 Å². The Morgan fingerprint density at radius 2 is 1.70 bits per heavy atom. The second kappa shape index (κ2) is 7.30. The van der Waals surface area contributed by atoms with Gasteiger partial charge >= 0.3 is 0 Å². The Morgan fingerprint density at radius 1 is 1.15 bits per heavy atom. The Labute approximate surface area is 130 Å². The molecule has 0 unspecified atom stereocenters. The van der Waals surface area contributed by atoms with E-state index in [1.165, 1.54) is 30.6 Å². The van der Waals surface area contributed by atoms with Crippen molar-refractivity contribution in [1.82, 2.24) is 0 Å². The van der Waals surface area contributed by atoms with Crippen LogP contribution in [0.5, 0.6) is 0 Å². The molecule has 1 heterocycles. The maximum absolute atomic E-state index is 12.4. The maximum atomic E-state index is 12.4. The smallest absolute Gasteiger partial charge is 0.282 e. The van der Waals surface area contributed by atoms with Gasteiger partial charge in [0.15, 0.2) is 6.04 Å². The van der Waals surface area contributed by atoms with Crippen LogP contribution in [-0.2, 0) is 4.79 Å². The standard InChI is InChI=1S/C15H20Cl2N2O/c1-11(19-9-4-2-3-5-10-19)15(20)18-14-12(16)7-6-8-13(14)17/h6-8,11H,2-5,9-10H2,1H3,(H,18,20)/p+1/t11-/m1/s1. The van der Waals surface area contributed by atoms with Crippen LogP contribution in [0.2, 0.25) is 10.0 Å². The van der Waals surface area contributed by atoms with Crippen molar-refractivity contribution in [2.24, 2.45) is 0 Å². The number of carbonyl (C=O) groups is 1. The molecule has 20 heavy (non-hydrogen) atoms. The topological polar surface area (TPSA) is 33.5 Å². The number of rotatable bonds is 3. The highest BCUT2D eigenvalue weighted by Gasteiger charge is 2.26. The van der Waals surface area contributed by atoms with E-state index in [-0.39, 0.29) is 11.9 Å². The number of nitrogens with one attached hydrogen (secondary N) is 2. The molecule has 1 aliphatic heterocycles. The third-order valence-corrected chi connectivity index (χ3v) is 4.59. The summed E-state index contributed by atoms with van der Waals surface area (Å²) in [6, 6.07) is 5.14. The summed E-state index contributed by atoms with van der Waals surface area (Å²) in [6.45, 7) is 4.09. The minimum absolute atomic E-state index is 0.0168. The van der Waals surface area contributed by atoms with Crippen LogP contribution in [0.25, 0.3) is 0 Å². The minimum atomic E-state index is -0.0829. The number of carbonyl (C=O) groups excluding carboxylic acids is 1.